The summed E-state index contributed by atoms with van der Waals surface area (Å²) < 4.78 is 19.0. The molecular weight excluding hydrogens is 354 g/mol. The first-order chi connectivity index (χ1) is 9.01. The second-order valence-corrected chi connectivity index (χ2v) is 5.74. The van der Waals surface area contributed by atoms with Crippen LogP contribution in [0.5, 0.6) is 5.75 Å². The van der Waals surface area contributed by atoms with Gasteiger partial charge in [-0.2, -0.15) is 0 Å². The van der Waals surface area contributed by atoms with Crippen molar-refractivity contribution < 1.29 is 9.13 Å². The molecule has 0 N–H and O–H groups in total. The van der Waals surface area contributed by atoms with E-state index in [1.54, 1.807) is 30.3 Å². The maximum atomic E-state index is 14.0. The van der Waals surface area contributed by atoms with E-state index in [0.29, 0.717) is 21.4 Å². The lowest BCUT2D eigenvalue weighted by Crippen LogP contribution is -1.97. The first-order valence-corrected chi connectivity index (χ1v) is 7.12. The molecule has 1 atom stereocenters. The number of hydrogen-bond donors (Lipinski definition) is 0. The van der Waals surface area contributed by atoms with E-state index in [0.717, 1.165) is 5.56 Å². The van der Waals surface area contributed by atoms with Gasteiger partial charge in [-0.05, 0) is 29.8 Å². The molecule has 0 saturated carbocycles. The van der Waals surface area contributed by atoms with Gasteiger partial charge in [0, 0.05) is 21.7 Å². The average Bonchev–Trinajstić information content (AvgIpc) is 2.36. The largest absolute Gasteiger partial charge is 0.497 e. The molecule has 0 radical (unpaired) electrons. The van der Waals surface area contributed by atoms with E-state index in [9.17, 15) is 4.39 Å². The minimum absolute atomic E-state index is 0.324. The van der Waals surface area contributed by atoms with E-state index < -0.39 is 0 Å². The van der Waals surface area contributed by atoms with Crippen molar-refractivity contribution in [2.24, 2.45) is 0 Å². The van der Waals surface area contributed by atoms with Gasteiger partial charge in [-0.1, -0.05) is 45.2 Å². The van der Waals surface area contributed by atoms with Crippen LogP contribution in [0.1, 0.15) is 16.0 Å². The molecule has 0 saturated heterocycles. The fourth-order valence-electron chi connectivity index (χ4n) is 1.74. The molecule has 0 fully saturated rings. The summed E-state index contributed by atoms with van der Waals surface area (Å²) in [5.41, 5.74) is 1.29. The molecule has 5 heteroatoms. The van der Waals surface area contributed by atoms with E-state index in [-0.39, 0.29) is 10.6 Å². The Balaban J connectivity index is 2.40. The number of ether oxygens (including phenoxy) is 1. The third kappa shape index (κ3) is 3.41. The smallest absolute Gasteiger partial charge is 0.131 e. The Labute approximate surface area is 129 Å². The molecule has 2 rings (SSSR count). The molecule has 0 aliphatic rings. The van der Waals surface area contributed by atoms with Crippen molar-refractivity contribution in [3.8, 4) is 5.75 Å². The SMILES string of the molecule is COc1ccc(C(Br)c2cc(Cl)cc(Cl)c2)c(F)c1. The molecule has 1 unspecified atom stereocenters. The van der Waals surface area contributed by atoms with Gasteiger partial charge >= 0.3 is 0 Å². The lowest BCUT2D eigenvalue weighted by Gasteiger charge is -2.13. The summed E-state index contributed by atoms with van der Waals surface area (Å²) in [7, 11) is 1.50. The van der Waals surface area contributed by atoms with Gasteiger partial charge in [0.15, 0.2) is 0 Å². The summed E-state index contributed by atoms with van der Waals surface area (Å²) >= 11 is 15.4. The Morgan fingerprint density at radius 3 is 2.26 bits per heavy atom. The Morgan fingerprint density at radius 1 is 1.11 bits per heavy atom. The molecule has 0 amide bonds. The van der Waals surface area contributed by atoms with Crippen molar-refractivity contribution in [1.29, 1.82) is 0 Å². The highest BCUT2D eigenvalue weighted by Gasteiger charge is 2.16. The lowest BCUT2D eigenvalue weighted by molar-refractivity contribution is 0.411. The molecule has 0 heterocycles. The van der Waals surface area contributed by atoms with Crippen LogP contribution in [-0.4, -0.2) is 7.11 Å². The highest BCUT2D eigenvalue weighted by molar-refractivity contribution is 9.09. The zero-order chi connectivity index (χ0) is 14.0. The van der Waals surface area contributed by atoms with Crippen LogP contribution in [-0.2, 0) is 0 Å². The monoisotopic (exact) mass is 362 g/mol. The summed E-state index contributed by atoms with van der Waals surface area (Å²) in [5.74, 6) is 0.127. The molecule has 0 aliphatic heterocycles. The van der Waals surface area contributed by atoms with Gasteiger partial charge in [-0.15, -0.1) is 0 Å². The van der Waals surface area contributed by atoms with Gasteiger partial charge in [-0.25, -0.2) is 4.39 Å². The van der Waals surface area contributed by atoms with E-state index in [1.165, 1.54) is 13.2 Å². The van der Waals surface area contributed by atoms with Gasteiger partial charge in [0.05, 0.1) is 11.9 Å². The molecule has 2 aromatic carbocycles. The predicted octanol–water partition coefficient (Wildman–Crippen LogP) is 5.63. The van der Waals surface area contributed by atoms with Gasteiger partial charge in [0.2, 0.25) is 0 Å². The summed E-state index contributed by atoms with van der Waals surface area (Å²) in [6.07, 6.45) is 0. The van der Waals surface area contributed by atoms with Crippen molar-refractivity contribution in [2.75, 3.05) is 7.11 Å². The average molecular weight is 364 g/mol. The summed E-state index contributed by atoms with van der Waals surface area (Å²) in [6.45, 7) is 0. The third-order valence-corrected chi connectivity index (χ3v) is 4.12. The molecular formula is C14H10BrCl2FO. The van der Waals surface area contributed by atoms with Crippen molar-refractivity contribution in [2.45, 2.75) is 4.83 Å². The highest BCUT2D eigenvalue weighted by atomic mass is 79.9. The van der Waals surface area contributed by atoms with E-state index in [1.807, 2.05) is 0 Å². The first-order valence-electron chi connectivity index (χ1n) is 5.44. The minimum Gasteiger partial charge on any atom is -0.497 e. The normalized spacial score (nSPS) is 12.3. The number of alkyl halides is 1. The zero-order valence-electron chi connectivity index (χ0n) is 9.96. The maximum Gasteiger partial charge on any atom is 0.131 e. The van der Waals surface area contributed by atoms with Crippen LogP contribution in [0.15, 0.2) is 36.4 Å². The van der Waals surface area contributed by atoms with Crippen LogP contribution in [0.4, 0.5) is 4.39 Å². The van der Waals surface area contributed by atoms with Crippen LogP contribution in [0.2, 0.25) is 10.0 Å². The molecule has 100 valence electrons. The Hall–Kier alpha value is -0.770. The van der Waals surface area contributed by atoms with E-state index >= 15 is 0 Å². The fourth-order valence-corrected chi connectivity index (χ4v) is 2.92. The molecule has 0 aliphatic carbocycles. The van der Waals surface area contributed by atoms with Crippen LogP contribution in [0.25, 0.3) is 0 Å². The van der Waals surface area contributed by atoms with Crippen LogP contribution < -0.4 is 4.74 Å². The fraction of sp³-hybridized carbons (Fsp3) is 0.143. The molecule has 0 spiro atoms. The van der Waals surface area contributed by atoms with Gasteiger partial charge in [0.25, 0.3) is 0 Å². The van der Waals surface area contributed by atoms with Crippen molar-refractivity contribution >= 4 is 39.1 Å². The summed E-state index contributed by atoms with van der Waals surface area (Å²) in [6, 6.07) is 9.85. The van der Waals surface area contributed by atoms with Crippen molar-refractivity contribution in [3.63, 3.8) is 0 Å². The molecule has 19 heavy (non-hydrogen) atoms. The quantitative estimate of drug-likeness (QED) is 0.642. The van der Waals surface area contributed by atoms with Gasteiger partial charge in [-0.3, -0.25) is 0 Å². The third-order valence-electron chi connectivity index (χ3n) is 2.66. The van der Waals surface area contributed by atoms with Crippen LogP contribution >= 0.6 is 39.1 Å². The lowest BCUT2D eigenvalue weighted by atomic mass is 10.0. The second-order valence-electron chi connectivity index (χ2n) is 3.95. The Morgan fingerprint density at radius 2 is 1.74 bits per heavy atom. The molecule has 0 aromatic heterocycles. The first kappa shape index (κ1) is 14.6. The summed E-state index contributed by atoms with van der Waals surface area (Å²) in [4.78, 5) is -0.324. The molecule has 0 bridgehead atoms. The number of hydrogen-bond acceptors (Lipinski definition) is 1. The van der Waals surface area contributed by atoms with Gasteiger partial charge < -0.3 is 4.74 Å². The van der Waals surface area contributed by atoms with Gasteiger partial charge in [0.1, 0.15) is 11.6 Å². The van der Waals surface area contributed by atoms with Crippen molar-refractivity contribution in [1.82, 2.24) is 0 Å². The Bertz CT molecular complexity index is 584. The standard InChI is InChI=1S/C14H10BrCl2FO/c1-19-11-2-3-12(13(18)7-11)14(15)8-4-9(16)6-10(17)5-8/h2-7,14H,1H3. The number of methoxy groups -OCH3 is 1. The Kier molecular flexibility index (Phi) is 4.71. The topological polar surface area (TPSA) is 9.23 Å². The second kappa shape index (κ2) is 6.12. The van der Waals surface area contributed by atoms with Crippen molar-refractivity contribution in [3.05, 3.63) is 63.4 Å². The van der Waals surface area contributed by atoms with Crippen LogP contribution in [0, 0.1) is 5.82 Å². The molecule has 2 aromatic rings. The number of halogens is 4. The zero-order valence-corrected chi connectivity index (χ0v) is 13.1. The van der Waals surface area contributed by atoms with E-state index in [4.69, 9.17) is 27.9 Å². The minimum atomic E-state index is -0.350. The van der Waals surface area contributed by atoms with E-state index in [2.05, 4.69) is 15.9 Å². The summed E-state index contributed by atoms with van der Waals surface area (Å²) in [5, 5.41) is 1.03. The maximum absolute atomic E-state index is 14.0. The van der Waals surface area contributed by atoms with Crippen LogP contribution in [0.3, 0.4) is 0 Å². The predicted molar refractivity (Wildman–Crippen MR) is 80.2 cm³/mol. The number of rotatable bonds is 3. The number of benzene rings is 2. The molecule has 1 nitrogen and oxygen atoms in total. The highest BCUT2D eigenvalue weighted by Crippen LogP contribution is 2.36.